The summed E-state index contributed by atoms with van der Waals surface area (Å²) in [6, 6.07) is 5.35. The van der Waals surface area contributed by atoms with Crippen LogP contribution in [-0.2, 0) is 4.79 Å². The number of carbonyl (C=O) groups excluding carboxylic acids is 2. The van der Waals surface area contributed by atoms with Crippen LogP contribution in [0.5, 0.6) is 11.5 Å². The van der Waals surface area contributed by atoms with Gasteiger partial charge in [-0.3, -0.25) is 9.59 Å². The fourth-order valence-electron chi connectivity index (χ4n) is 3.71. The van der Waals surface area contributed by atoms with Gasteiger partial charge in [0.2, 0.25) is 5.91 Å². The molecule has 1 aromatic carbocycles. The summed E-state index contributed by atoms with van der Waals surface area (Å²) in [5, 5.41) is 3.10. The van der Waals surface area contributed by atoms with Gasteiger partial charge in [0.05, 0.1) is 19.3 Å². The van der Waals surface area contributed by atoms with E-state index in [1.165, 1.54) is 0 Å². The summed E-state index contributed by atoms with van der Waals surface area (Å²) in [6.07, 6.45) is 3.73. The number of amides is 2. The Bertz CT molecular complexity index is 669. The third-order valence-electron chi connectivity index (χ3n) is 5.27. The highest BCUT2D eigenvalue weighted by molar-refractivity contribution is 5.98. The molecule has 0 radical (unpaired) electrons. The number of likely N-dealkylation sites (tertiary alicyclic amines) is 1. The van der Waals surface area contributed by atoms with Crippen LogP contribution in [-0.4, -0.2) is 55.6 Å². The zero-order valence-corrected chi connectivity index (χ0v) is 15.3. The Labute approximate surface area is 153 Å². The second-order valence-corrected chi connectivity index (χ2v) is 6.95. The molecular weight excluding hydrogens is 334 g/mol. The predicted octanol–water partition coefficient (Wildman–Crippen LogP) is 1.31. The lowest BCUT2D eigenvalue weighted by molar-refractivity contribution is -0.120. The number of para-hydroxylation sites is 1. The fraction of sp³-hybridized carbons (Fsp3) is 0.579. The normalized spacial score (nSPS) is 18.7. The van der Waals surface area contributed by atoms with E-state index in [-0.39, 0.29) is 17.4 Å². The quantitative estimate of drug-likeness (QED) is 0.745. The molecule has 2 amide bonds. The Morgan fingerprint density at radius 2 is 2.08 bits per heavy atom. The first kappa shape index (κ1) is 18.5. The van der Waals surface area contributed by atoms with Gasteiger partial charge >= 0.3 is 0 Å². The van der Waals surface area contributed by atoms with Gasteiger partial charge in [0.1, 0.15) is 0 Å². The van der Waals surface area contributed by atoms with E-state index in [2.05, 4.69) is 5.32 Å². The van der Waals surface area contributed by atoms with Crippen molar-refractivity contribution < 1.29 is 19.1 Å². The van der Waals surface area contributed by atoms with Crippen LogP contribution in [0.15, 0.2) is 18.2 Å². The molecule has 7 heteroatoms. The molecule has 26 heavy (non-hydrogen) atoms. The van der Waals surface area contributed by atoms with Crippen LogP contribution >= 0.6 is 0 Å². The summed E-state index contributed by atoms with van der Waals surface area (Å²) < 4.78 is 11.2. The number of hydrogen-bond acceptors (Lipinski definition) is 5. The van der Waals surface area contributed by atoms with Gasteiger partial charge in [-0.25, -0.2) is 0 Å². The van der Waals surface area contributed by atoms with Crippen molar-refractivity contribution in [1.29, 1.82) is 0 Å². The first-order valence-electron chi connectivity index (χ1n) is 9.19. The molecule has 2 fully saturated rings. The zero-order valence-electron chi connectivity index (χ0n) is 15.3. The van der Waals surface area contributed by atoms with E-state index >= 15 is 0 Å². The average molecular weight is 361 g/mol. The molecular formula is C19H27N3O4. The summed E-state index contributed by atoms with van der Waals surface area (Å²) in [6.45, 7) is 2.21. The van der Waals surface area contributed by atoms with E-state index in [9.17, 15) is 9.59 Å². The molecule has 0 aliphatic carbocycles. The molecule has 2 saturated heterocycles. The van der Waals surface area contributed by atoms with Crippen LogP contribution in [0.25, 0.3) is 0 Å². The Morgan fingerprint density at radius 3 is 2.69 bits per heavy atom. The molecule has 3 N–H and O–H groups in total. The number of ether oxygens (including phenoxy) is 2. The first-order valence-corrected chi connectivity index (χ1v) is 9.19. The zero-order chi connectivity index (χ0) is 18.6. The molecule has 3 rings (SSSR count). The van der Waals surface area contributed by atoms with Gasteiger partial charge in [0.15, 0.2) is 11.5 Å². The van der Waals surface area contributed by atoms with E-state index in [1.54, 1.807) is 25.3 Å². The molecule has 2 heterocycles. The van der Waals surface area contributed by atoms with E-state index in [1.807, 2.05) is 4.90 Å². The molecule has 2 aliphatic rings. The summed E-state index contributed by atoms with van der Waals surface area (Å²) in [5.74, 6) is 1.08. The SMILES string of the molecule is COc1cccc(C(=O)N2CCC3(CCC(=O)N3)CC2)c1OCCCN. The summed E-state index contributed by atoms with van der Waals surface area (Å²) in [7, 11) is 1.56. The lowest BCUT2D eigenvalue weighted by Crippen LogP contribution is -2.52. The number of piperidine rings is 1. The van der Waals surface area contributed by atoms with Gasteiger partial charge in [0, 0.05) is 25.0 Å². The van der Waals surface area contributed by atoms with Crippen LogP contribution in [0.4, 0.5) is 0 Å². The van der Waals surface area contributed by atoms with E-state index in [0.29, 0.717) is 56.1 Å². The monoisotopic (exact) mass is 361 g/mol. The van der Waals surface area contributed by atoms with Crippen molar-refractivity contribution in [2.75, 3.05) is 33.4 Å². The second-order valence-electron chi connectivity index (χ2n) is 6.95. The van der Waals surface area contributed by atoms with Crippen molar-refractivity contribution >= 4 is 11.8 Å². The molecule has 2 aliphatic heterocycles. The molecule has 7 nitrogen and oxygen atoms in total. The highest BCUT2D eigenvalue weighted by Gasteiger charge is 2.41. The maximum atomic E-state index is 13.1. The number of carbonyl (C=O) groups is 2. The lowest BCUT2D eigenvalue weighted by Gasteiger charge is -2.39. The molecule has 0 atom stereocenters. The van der Waals surface area contributed by atoms with Crippen molar-refractivity contribution in [3.8, 4) is 11.5 Å². The Kier molecular flexibility index (Phi) is 5.66. The maximum absolute atomic E-state index is 13.1. The summed E-state index contributed by atoms with van der Waals surface area (Å²) in [4.78, 5) is 26.5. The molecule has 142 valence electrons. The number of benzene rings is 1. The highest BCUT2D eigenvalue weighted by atomic mass is 16.5. The molecule has 0 bridgehead atoms. The molecule has 1 aromatic rings. The van der Waals surface area contributed by atoms with Crippen LogP contribution in [0.3, 0.4) is 0 Å². The third-order valence-corrected chi connectivity index (χ3v) is 5.27. The largest absolute Gasteiger partial charge is 0.493 e. The lowest BCUT2D eigenvalue weighted by atomic mass is 9.86. The number of nitrogens with one attached hydrogen (secondary N) is 1. The second kappa shape index (κ2) is 7.95. The Hall–Kier alpha value is -2.28. The average Bonchev–Trinajstić information content (AvgIpc) is 3.02. The highest BCUT2D eigenvalue weighted by Crippen LogP contribution is 2.35. The van der Waals surface area contributed by atoms with E-state index in [4.69, 9.17) is 15.2 Å². The van der Waals surface area contributed by atoms with E-state index < -0.39 is 0 Å². The Balaban J connectivity index is 1.72. The van der Waals surface area contributed by atoms with Gasteiger partial charge in [-0.05, 0) is 44.4 Å². The predicted molar refractivity (Wildman–Crippen MR) is 97.4 cm³/mol. The standard InChI is InChI=1S/C19H27N3O4/c1-25-15-5-2-4-14(17(15)26-13-3-10-20)18(24)22-11-8-19(9-12-22)7-6-16(23)21-19/h2,4-5H,3,6-13,20H2,1H3,(H,21,23). The molecule has 0 unspecified atom stereocenters. The van der Waals surface area contributed by atoms with Crippen molar-refractivity contribution in [1.82, 2.24) is 10.2 Å². The minimum Gasteiger partial charge on any atom is -0.493 e. The summed E-state index contributed by atoms with van der Waals surface area (Å²) >= 11 is 0. The minimum atomic E-state index is -0.122. The minimum absolute atomic E-state index is 0.0641. The van der Waals surface area contributed by atoms with Crippen molar-refractivity contribution in [2.45, 2.75) is 37.6 Å². The number of nitrogens with zero attached hydrogens (tertiary/aromatic N) is 1. The number of hydrogen-bond donors (Lipinski definition) is 2. The summed E-state index contributed by atoms with van der Waals surface area (Å²) in [5.41, 5.74) is 5.91. The van der Waals surface area contributed by atoms with Crippen molar-refractivity contribution in [2.24, 2.45) is 5.73 Å². The number of nitrogens with two attached hydrogens (primary N) is 1. The van der Waals surface area contributed by atoms with Crippen molar-refractivity contribution in [3.05, 3.63) is 23.8 Å². The number of methoxy groups -OCH3 is 1. The van der Waals surface area contributed by atoms with Gasteiger partial charge in [0.25, 0.3) is 5.91 Å². The van der Waals surface area contributed by atoms with Crippen LogP contribution in [0.1, 0.15) is 42.5 Å². The van der Waals surface area contributed by atoms with Gasteiger partial charge in [-0.15, -0.1) is 0 Å². The fourth-order valence-corrected chi connectivity index (χ4v) is 3.71. The first-order chi connectivity index (χ1) is 12.6. The van der Waals surface area contributed by atoms with Crippen LogP contribution in [0.2, 0.25) is 0 Å². The third kappa shape index (κ3) is 3.77. The topological polar surface area (TPSA) is 93.9 Å². The van der Waals surface area contributed by atoms with Gasteiger partial charge in [-0.2, -0.15) is 0 Å². The van der Waals surface area contributed by atoms with Crippen molar-refractivity contribution in [3.63, 3.8) is 0 Å². The van der Waals surface area contributed by atoms with Gasteiger partial charge in [-0.1, -0.05) is 6.07 Å². The maximum Gasteiger partial charge on any atom is 0.257 e. The molecule has 0 saturated carbocycles. The molecule has 0 aromatic heterocycles. The molecule has 1 spiro atoms. The number of rotatable bonds is 6. The van der Waals surface area contributed by atoms with E-state index in [0.717, 1.165) is 19.3 Å². The smallest absolute Gasteiger partial charge is 0.257 e. The van der Waals surface area contributed by atoms with Gasteiger partial charge < -0.3 is 25.4 Å². The van der Waals surface area contributed by atoms with Crippen LogP contribution in [0, 0.1) is 0 Å². The van der Waals surface area contributed by atoms with Crippen LogP contribution < -0.4 is 20.5 Å². The Morgan fingerprint density at radius 1 is 1.31 bits per heavy atom.